The lowest BCUT2D eigenvalue weighted by atomic mass is 9.98. The fourth-order valence-electron chi connectivity index (χ4n) is 4.46. The van der Waals surface area contributed by atoms with E-state index >= 15 is 0 Å². The van der Waals surface area contributed by atoms with Crippen molar-refractivity contribution in [2.45, 2.75) is 10.1 Å². The van der Waals surface area contributed by atoms with Gasteiger partial charge in [-0.15, -0.1) is 11.8 Å². The molecule has 0 fully saturated rings. The van der Waals surface area contributed by atoms with E-state index in [9.17, 15) is 24.3 Å². The second kappa shape index (κ2) is 12.4. The van der Waals surface area contributed by atoms with Crippen molar-refractivity contribution in [3.05, 3.63) is 138 Å². The molecule has 0 aromatic heterocycles. The Kier molecular flexibility index (Phi) is 8.31. The van der Waals surface area contributed by atoms with E-state index in [1.54, 1.807) is 66.7 Å². The molecule has 2 amide bonds. The molecule has 0 saturated heterocycles. The van der Waals surface area contributed by atoms with Crippen LogP contribution in [0.5, 0.6) is 0 Å². The van der Waals surface area contributed by atoms with Crippen LogP contribution >= 0.6 is 11.8 Å². The van der Waals surface area contributed by atoms with Gasteiger partial charge < -0.3 is 20.8 Å². The van der Waals surface area contributed by atoms with Gasteiger partial charge in [0.25, 0.3) is 5.91 Å². The van der Waals surface area contributed by atoms with Gasteiger partial charge in [0.1, 0.15) is 5.25 Å². The van der Waals surface area contributed by atoms with Gasteiger partial charge in [0, 0.05) is 27.2 Å². The van der Waals surface area contributed by atoms with Crippen molar-refractivity contribution < 1.29 is 29.4 Å². The zero-order valence-corrected chi connectivity index (χ0v) is 22.8. The number of carboxylic acid groups (broad SMARTS) is 2. The molecule has 1 atom stereocenters. The van der Waals surface area contributed by atoms with Crippen LogP contribution in [-0.2, 0) is 4.79 Å². The number of carboxylic acids is 2. The SMILES string of the molecule is O=C(O)c1ccc(NC(=O)C(Sc2ccc(NC(=O)c3cccc4cccc(C(=O)O)c34)cc2)c2ccccc2)cc1. The average Bonchev–Trinajstić information content (AvgIpc) is 3.00. The third-order valence-corrected chi connectivity index (χ3v) is 7.75. The third-order valence-electron chi connectivity index (χ3n) is 6.49. The number of rotatable bonds is 9. The van der Waals surface area contributed by atoms with E-state index < -0.39 is 23.1 Å². The van der Waals surface area contributed by atoms with E-state index in [4.69, 9.17) is 5.11 Å². The molecule has 5 aromatic carbocycles. The maximum atomic E-state index is 13.3. The zero-order valence-electron chi connectivity index (χ0n) is 22.0. The quantitative estimate of drug-likeness (QED) is 0.139. The standard InChI is InChI=1S/C33H24N2O6S/c36-30(26-10-4-8-20-9-5-11-27(28(20)26)33(40)41)34-24-16-18-25(19-17-24)42-29(21-6-2-1-3-7-21)31(37)35-23-14-12-22(13-15-23)32(38)39/h1-19,29H,(H,34,36)(H,35,37)(H,38,39)(H,40,41). The van der Waals surface area contributed by atoms with Crippen LogP contribution < -0.4 is 10.6 Å². The molecule has 0 aliphatic rings. The van der Waals surface area contributed by atoms with Gasteiger partial charge >= 0.3 is 11.9 Å². The molecule has 0 saturated carbocycles. The lowest BCUT2D eigenvalue weighted by Crippen LogP contribution is -2.19. The summed E-state index contributed by atoms with van der Waals surface area (Å²) in [6, 6.07) is 32.1. The lowest BCUT2D eigenvalue weighted by Gasteiger charge is -2.17. The second-order valence-corrected chi connectivity index (χ2v) is 10.5. The van der Waals surface area contributed by atoms with Gasteiger partial charge in [-0.05, 0) is 71.6 Å². The fourth-order valence-corrected chi connectivity index (χ4v) is 5.49. The number of thioether (sulfide) groups is 1. The first kappa shape index (κ1) is 28.1. The summed E-state index contributed by atoms with van der Waals surface area (Å²) >= 11 is 1.32. The summed E-state index contributed by atoms with van der Waals surface area (Å²) in [5, 5.41) is 24.8. The van der Waals surface area contributed by atoms with Crippen LogP contribution in [0.2, 0.25) is 0 Å². The Labute approximate surface area is 245 Å². The molecule has 42 heavy (non-hydrogen) atoms. The Hall–Kier alpha value is -5.41. The Morgan fingerprint density at radius 2 is 1.19 bits per heavy atom. The smallest absolute Gasteiger partial charge is 0.336 e. The second-order valence-electron chi connectivity index (χ2n) is 9.27. The Bertz CT molecular complexity index is 1780. The summed E-state index contributed by atoms with van der Waals surface area (Å²) < 4.78 is 0. The molecular weight excluding hydrogens is 552 g/mol. The van der Waals surface area contributed by atoms with E-state index in [0.29, 0.717) is 22.1 Å². The van der Waals surface area contributed by atoms with Crippen molar-refractivity contribution in [2.24, 2.45) is 0 Å². The summed E-state index contributed by atoms with van der Waals surface area (Å²) in [5.74, 6) is -2.88. The number of carbonyl (C=O) groups is 4. The molecule has 0 aliphatic heterocycles. The molecule has 208 valence electrons. The highest BCUT2D eigenvalue weighted by atomic mass is 32.2. The monoisotopic (exact) mass is 576 g/mol. The van der Waals surface area contributed by atoms with Crippen molar-refractivity contribution in [1.29, 1.82) is 0 Å². The Morgan fingerprint density at radius 1 is 0.595 bits per heavy atom. The predicted molar refractivity (Wildman–Crippen MR) is 162 cm³/mol. The van der Waals surface area contributed by atoms with Crippen molar-refractivity contribution in [3.63, 3.8) is 0 Å². The molecule has 4 N–H and O–H groups in total. The van der Waals surface area contributed by atoms with Crippen LogP contribution in [0.25, 0.3) is 10.8 Å². The topological polar surface area (TPSA) is 133 Å². The number of hydrogen-bond acceptors (Lipinski definition) is 5. The first-order chi connectivity index (χ1) is 20.3. The summed E-state index contributed by atoms with van der Waals surface area (Å²) in [7, 11) is 0. The van der Waals surface area contributed by atoms with E-state index in [1.807, 2.05) is 30.3 Å². The van der Waals surface area contributed by atoms with Gasteiger partial charge in [-0.1, -0.05) is 54.6 Å². The molecule has 5 rings (SSSR count). The van der Waals surface area contributed by atoms with E-state index in [-0.39, 0.29) is 22.6 Å². The number of nitrogens with one attached hydrogen (secondary N) is 2. The molecule has 0 aliphatic carbocycles. The number of hydrogen-bond donors (Lipinski definition) is 4. The minimum Gasteiger partial charge on any atom is -0.478 e. The first-order valence-electron chi connectivity index (χ1n) is 12.8. The molecule has 0 bridgehead atoms. The van der Waals surface area contributed by atoms with Crippen molar-refractivity contribution in [3.8, 4) is 0 Å². The molecule has 0 spiro atoms. The Morgan fingerprint density at radius 3 is 1.81 bits per heavy atom. The minimum atomic E-state index is -1.11. The summed E-state index contributed by atoms with van der Waals surface area (Å²) in [4.78, 5) is 50.2. The third kappa shape index (κ3) is 6.32. The predicted octanol–water partition coefficient (Wildman–Crippen LogP) is 6.96. The molecule has 5 aromatic rings. The highest BCUT2D eigenvalue weighted by molar-refractivity contribution is 8.00. The number of carbonyl (C=O) groups excluding carboxylic acids is 2. The number of benzene rings is 5. The molecule has 8 nitrogen and oxygen atoms in total. The largest absolute Gasteiger partial charge is 0.478 e. The minimum absolute atomic E-state index is 0.0491. The van der Waals surface area contributed by atoms with E-state index in [2.05, 4.69) is 10.6 Å². The van der Waals surface area contributed by atoms with Crippen LogP contribution in [0.3, 0.4) is 0 Å². The highest BCUT2D eigenvalue weighted by Gasteiger charge is 2.23. The Balaban J connectivity index is 1.34. The van der Waals surface area contributed by atoms with Gasteiger partial charge in [-0.2, -0.15) is 0 Å². The maximum absolute atomic E-state index is 13.3. The van der Waals surface area contributed by atoms with E-state index in [1.165, 1.54) is 30.0 Å². The first-order valence-corrected chi connectivity index (χ1v) is 13.7. The highest BCUT2D eigenvalue weighted by Crippen LogP contribution is 2.37. The summed E-state index contributed by atoms with van der Waals surface area (Å²) in [6.07, 6.45) is 0. The van der Waals surface area contributed by atoms with Crippen molar-refractivity contribution >= 4 is 57.7 Å². The van der Waals surface area contributed by atoms with Crippen LogP contribution in [0.4, 0.5) is 11.4 Å². The number of aromatic carboxylic acids is 2. The molecule has 1 unspecified atom stereocenters. The van der Waals surface area contributed by atoms with Gasteiger partial charge in [0.15, 0.2) is 0 Å². The molecule has 9 heteroatoms. The molecular formula is C33H24N2O6S. The summed E-state index contributed by atoms with van der Waals surface area (Å²) in [6.45, 7) is 0. The molecule has 0 radical (unpaired) electrons. The van der Waals surface area contributed by atoms with Gasteiger partial charge in [-0.3, -0.25) is 9.59 Å². The van der Waals surface area contributed by atoms with Crippen LogP contribution in [-0.4, -0.2) is 34.0 Å². The zero-order chi connectivity index (χ0) is 29.6. The number of amides is 2. The van der Waals surface area contributed by atoms with Crippen LogP contribution in [0.15, 0.2) is 120 Å². The van der Waals surface area contributed by atoms with Crippen molar-refractivity contribution in [1.82, 2.24) is 0 Å². The van der Waals surface area contributed by atoms with E-state index in [0.717, 1.165) is 10.5 Å². The fraction of sp³-hybridized carbons (Fsp3) is 0.0303. The van der Waals surface area contributed by atoms with Gasteiger partial charge in [0.2, 0.25) is 5.91 Å². The number of fused-ring (bicyclic) bond motifs is 1. The lowest BCUT2D eigenvalue weighted by molar-refractivity contribution is -0.115. The average molecular weight is 577 g/mol. The van der Waals surface area contributed by atoms with Crippen LogP contribution in [0.1, 0.15) is 41.9 Å². The summed E-state index contributed by atoms with van der Waals surface area (Å²) in [5.41, 5.74) is 2.19. The normalized spacial score (nSPS) is 11.4. The van der Waals surface area contributed by atoms with Gasteiger partial charge in [0.05, 0.1) is 11.1 Å². The maximum Gasteiger partial charge on any atom is 0.336 e. The van der Waals surface area contributed by atoms with Crippen molar-refractivity contribution in [2.75, 3.05) is 10.6 Å². The van der Waals surface area contributed by atoms with Crippen LogP contribution in [0, 0.1) is 0 Å². The van der Waals surface area contributed by atoms with Gasteiger partial charge in [-0.25, -0.2) is 9.59 Å². The molecule has 0 heterocycles. The number of anilines is 2.